The first-order chi connectivity index (χ1) is 14.2. The fourth-order valence-corrected chi connectivity index (χ4v) is 3.79. The van der Waals surface area contributed by atoms with Crippen LogP contribution in [0, 0.1) is 0 Å². The maximum atomic E-state index is 4.68. The van der Waals surface area contributed by atoms with E-state index in [0.29, 0.717) is 0 Å². The molecule has 0 unspecified atom stereocenters. The number of allylic oxidation sites excluding steroid dienone is 5. The Kier molecular flexibility index (Phi) is 7.42. The molecule has 1 fully saturated rings. The van der Waals surface area contributed by atoms with E-state index in [9.17, 15) is 0 Å². The van der Waals surface area contributed by atoms with Gasteiger partial charge in [0, 0.05) is 45.1 Å². The van der Waals surface area contributed by atoms with E-state index < -0.39 is 0 Å². The molecule has 3 rings (SSSR count). The van der Waals surface area contributed by atoms with Gasteiger partial charge in [-0.1, -0.05) is 19.1 Å². The Morgan fingerprint density at radius 2 is 2.03 bits per heavy atom. The SMILES string of the molecule is C\C=C/N=C1\C=C(CNc2cnccc2N2CCNCC2)C(C)=C(C)\C1=C/CC. The first kappa shape index (κ1) is 21.1. The molecule has 29 heavy (non-hydrogen) atoms. The molecule has 0 bridgehead atoms. The van der Waals surface area contributed by atoms with Crippen LogP contribution < -0.4 is 15.5 Å². The van der Waals surface area contributed by atoms with Crippen molar-refractivity contribution in [2.45, 2.75) is 34.1 Å². The van der Waals surface area contributed by atoms with Crippen LogP contribution in [-0.2, 0) is 0 Å². The molecule has 0 aromatic carbocycles. The summed E-state index contributed by atoms with van der Waals surface area (Å²) in [6.45, 7) is 13.4. The monoisotopic (exact) mass is 391 g/mol. The number of nitrogens with one attached hydrogen (secondary N) is 2. The maximum absolute atomic E-state index is 4.68. The summed E-state index contributed by atoms with van der Waals surface area (Å²) in [7, 11) is 0. The Morgan fingerprint density at radius 1 is 1.24 bits per heavy atom. The second-order valence-corrected chi connectivity index (χ2v) is 7.43. The molecule has 1 aliphatic heterocycles. The maximum Gasteiger partial charge on any atom is 0.0767 e. The van der Waals surface area contributed by atoms with Gasteiger partial charge >= 0.3 is 0 Å². The molecule has 0 atom stereocenters. The number of hydrogen-bond donors (Lipinski definition) is 2. The summed E-state index contributed by atoms with van der Waals surface area (Å²) in [6.07, 6.45) is 13.1. The smallest absolute Gasteiger partial charge is 0.0767 e. The van der Waals surface area contributed by atoms with Gasteiger partial charge in [-0.15, -0.1) is 0 Å². The minimum Gasteiger partial charge on any atom is -0.378 e. The van der Waals surface area contributed by atoms with Crippen LogP contribution in [-0.4, -0.2) is 43.4 Å². The van der Waals surface area contributed by atoms with Crippen molar-refractivity contribution >= 4 is 17.1 Å². The third-order valence-electron chi connectivity index (χ3n) is 5.53. The van der Waals surface area contributed by atoms with Gasteiger partial charge in [-0.25, -0.2) is 0 Å². The van der Waals surface area contributed by atoms with Gasteiger partial charge in [0.15, 0.2) is 0 Å². The Balaban J connectivity index is 1.84. The van der Waals surface area contributed by atoms with E-state index in [-0.39, 0.29) is 0 Å². The van der Waals surface area contributed by atoms with Crippen molar-refractivity contribution in [3.63, 3.8) is 0 Å². The summed E-state index contributed by atoms with van der Waals surface area (Å²) < 4.78 is 0. The van der Waals surface area contributed by atoms with Crippen LogP contribution in [0.15, 0.2) is 70.2 Å². The summed E-state index contributed by atoms with van der Waals surface area (Å²) in [4.78, 5) is 11.5. The summed E-state index contributed by atoms with van der Waals surface area (Å²) in [5, 5.41) is 7.05. The van der Waals surface area contributed by atoms with Gasteiger partial charge < -0.3 is 15.5 Å². The lowest BCUT2D eigenvalue weighted by Crippen LogP contribution is -2.43. The van der Waals surface area contributed by atoms with Crippen molar-refractivity contribution in [2.24, 2.45) is 4.99 Å². The van der Waals surface area contributed by atoms with Crippen molar-refractivity contribution in [1.82, 2.24) is 10.3 Å². The third-order valence-corrected chi connectivity index (χ3v) is 5.53. The molecule has 1 aromatic rings. The van der Waals surface area contributed by atoms with Crippen LogP contribution in [0.3, 0.4) is 0 Å². The molecule has 1 saturated heterocycles. The second kappa shape index (κ2) is 10.2. The molecule has 2 N–H and O–H groups in total. The van der Waals surface area contributed by atoms with E-state index in [2.05, 4.69) is 64.5 Å². The van der Waals surface area contributed by atoms with E-state index in [1.54, 1.807) is 0 Å². The number of rotatable bonds is 6. The van der Waals surface area contributed by atoms with Crippen LogP contribution in [0.4, 0.5) is 11.4 Å². The molecule has 0 spiro atoms. The number of hydrogen-bond acceptors (Lipinski definition) is 5. The normalized spacial score (nSPS) is 20.7. The minimum atomic E-state index is 0.752. The number of piperazine rings is 1. The summed E-state index contributed by atoms with van der Waals surface area (Å²) >= 11 is 0. The zero-order valence-electron chi connectivity index (χ0n) is 18.1. The zero-order chi connectivity index (χ0) is 20.6. The lowest BCUT2D eigenvalue weighted by molar-refractivity contribution is 0.589. The zero-order valence-corrected chi connectivity index (χ0v) is 18.1. The highest BCUT2D eigenvalue weighted by molar-refractivity contribution is 6.14. The average molecular weight is 392 g/mol. The summed E-state index contributed by atoms with van der Waals surface area (Å²) in [5.41, 5.74) is 8.50. The van der Waals surface area contributed by atoms with Gasteiger partial charge in [-0.05, 0) is 61.6 Å². The Labute approximate surface area is 175 Å². The molecule has 2 aliphatic rings. The fraction of sp³-hybridized carbons (Fsp3) is 0.417. The molecule has 154 valence electrons. The van der Waals surface area contributed by atoms with Crippen LogP contribution in [0.25, 0.3) is 0 Å². The first-order valence-electron chi connectivity index (χ1n) is 10.6. The van der Waals surface area contributed by atoms with Gasteiger partial charge in [-0.2, -0.15) is 0 Å². The molecular weight excluding hydrogens is 358 g/mol. The number of pyridine rings is 1. The summed E-state index contributed by atoms with van der Waals surface area (Å²) in [6, 6.07) is 2.11. The molecule has 5 heteroatoms. The molecular formula is C24H33N5. The molecule has 0 amide bonds. The third kappa shape index (κ3) is 5.04. The highest BCUT2D eigenvalue weighted by Crippen LogP contribution is 2.30. The van der Waals surface area contributed by atoms with Gasteiger partial charge in [-0.3, -0.25) is 9.98 Å². The summed E-state index contributed by atoms with van der Waals surface area (Å²) in [5.74, 6) is 0. The van der Waals surface area contributed by atoms with Crippen molar-refractivity contribution in [3.05, 3.63) is 65.2 Å². The number of aliphatic imine (C=N–C) groups is 1. The van der Waals surface area contributed by atoms with E-state index >= 15 is 0 Å². The predicted molar refractivity (Wildman–Crippen MR) is 125 cm³/mol. The number of anilines is 2. The van der Waals surface area contributed by atoms with Crippen LogP contribution in [0.5, 0.6) is 0 Å². The van der Waals surface area contributed by atoms with E-state index in [4.69, 9.17) is 0 Å². The van der Waals surface area contributed by atoms with Crippen molar-refractivity contribution < 1.29 is 0 Å². The highest BCUT2D eigenvalue weighted by Gasteiger charge is 2.19. The second-order valence-electron chi connectivity index (χ2n) is 7.43. The van der Waals surface area contributed by atoms with Gasteiger partial charge in [0.2, 0.25) is 0 Å². The molecule has 1 aromatic heterocycles. The standard InChI is InChI=1S/C24H33N5/c1-5-7-21-19(4)18(3)20(15-22(21)27-9-6-2)16-28-23-17-26-10-8-24(23)29-13-11-25-12-14-29/h6-10,15,17,25,28H,5,11-14,16H2,1-4H3/b9-6-,21-7+,27-22+. The first-order valence-corrected chi connectivity index (χ1v) is 10.6. The molecule has 0 saturated carbocycles. The molecule has 5 nitrogen and oxygen atoms in total. The topological polar surface area (TPSA) is 52.6 Å². The minimum absolute atomic E-state index is 0.752. The Hall–Kier alpha value is -2.66. The molecule has 2 heterocycles. The van der Waals surface area contributed by atoms with Gasteiger partial charge in [0.25, 0.3) is 0 Å². The number of nitrogens with zero attached hydrogens (tertiary/aromatic N) is 3. The predicted octanol–water partition coefficient (Wildman–Crippen LogP) is 4.49. The van der Waals surface area contributed by atoms with Crippen molar-refractivity contribution in [2.75, 3.05) is 42.9 Å². The van der Waals surface area contributed by atoms with Crippen LogP contribution in [0.2, 0.25) is 0 Å². The fourth-order valence-electron chi connectivity index (χ4n) is 3.79. The van der Waals surface area contributed by atoms with Crippen molar-refractivity contribution in [3.8, 4) is 0 Å². The lowest BCUT2D eigenvalue weighted by Gasteiger charge is -2.31. The molecule has 0 radical (unpaired) electrons. The van der Waals surface area contributed by atoms with E-state index in [1.807, 2.05) is 31.6 Å². The van der Waals surface area contributed by atoms with E-state index in [0.717, 1.165) is 50.5 Å². The van der Waals surface area contributed by atoms with E-state index in [1.165, 1.54) is 28.0 Å². The largest absolute Gasteiger partial charge is 0.378 e. The van der Waals surface area contributed by atoms with Crippen molar-refractivity contribution in [1.29, 1.82) is 0 Å². The van der Waals surface area contributed by atoms with Crippen LogP contribution >= 0.6 is 0 Å². The van der Waals surface area contributed by atoms with Gasteiger partial charge in [0.05, 0.1) is 23.3 Å². The quantitative estimate of drug-likeness (QED) is 0.750. The average Bonchev–Trinajstić information content (AvgIpc) is 2.76. The Morgan fingerprint density at radius 3 is 2.76 bits per heavy atom. The Bertz CT molecular complexity index is 867. The highest BCUT2D eigenvalue weighted by atomic mass is 15.2. The lowest BCUT2D eigenvalue weighted by atomic mass is 9.86. The number of aromatic nitrogens is 1. The van der Waals surface area contributed by atoms with Gasteiger partial charge in [0.1, 0.15) is 0 Å². The molecule has 1 aliphatic carbocycles. The van der Waals surface area contributed by atoms with Crippen LogP contribution in [0.1, 0.15) is 34.1 Å².